The lowest BCUT2D eigenvalue weighted by Gasteiger charge is -2.17. The number of carbonyl (C=O) groups excluding carboxylic acids is 1. The second-order valence-corrected chi connectivity index (χ2v) is 4.41. The number of likely N-dealkylation sites (N-methyl/N-ethyl adjacent to an activating group) is 1. The minimum atomic E-state index is -1.00. The smallest absolute Gasteiger partial charge is 0.326 e. The summed E-state index contributed by atoms with van der Waals surface area (Å²) < 4.78 is 0. The zero-order valence-electron chi connectivity index (χ0n) is 10.4. The van der Waals surface area contributed by atoms with Crippen LogP contribution in [0.4, 0.5) is 4.79 Å². The van der Waals surface area contributed by atoms with E-state index in [9.17, 15) is 9.59 Å². The Morgan fingerprint density at radius 2 is 2.12 bits per heavy atom. The van der Waals surface area contributed by atoms with Crippen molar-refractivity contribution in [1.82, 2.24) is 15.5 Å². The van der Waals surface area contributed by atoms with Gasteiger partial charge in [0.05, 0.1) is 0 Å². The lowest BCUT2D eigenvalue weighted by atomic mass is 10.2. The largest absolute Gasteiger partial charge is 0.480 e. The fraction of sp³-hybridized carbons (Fsp3) is 0.818. The molecule has 0 aromatic heterocycles. The molecule has 1 fully saturated rings. The molecule has 1 saturated carbocycles. The number of hydrogen-bond acceptors (Lipinski definition) is 3. The van der Waals surface area contributed by atoms with Crippen molar-refractivity contribution in [3.05, 3.63) is 0 Å². The first-order chi connectivity index (χ1) is 8.04. The fourth-order valence-electron chi connectivity index (χ4n) is 1.59. The van der Waals surface area contributed by atoms with Crippen molar-refractivity contribution < 1.29 is 14.7 Å². The van der Waals surface area contributed by atoms with Gasteiger partial charge in [-0.1, -0.05) is 6.92 Å². The van der Waals surface area contributed by atoms with Gasteiger partial charge in [0, 0.05) is 19.1 Å². The molecule has 98 valence electrons. The van der Waals surface area contributed by atoms with Gasteiger partial charge in [0.25, 0.3) is 0 Å². The van der Waals surface area contributed by atoms with Gasteiger partial charge in [-0.3, -0.25) is 0 Å². The Kier molecular flexibility index (Phi) is 5.21. The normalized spacial score (nSPS) is 16.6. The Balaban J connectivity index is 2.13. The summed E-state index contributed by atoms with van der Waals surface area (Å²) in [5, 5.41) is 13.8. The summed E-state index contributed by atoms with van der Waals surface area (Å²) in [6.45, 7) is 3.05. The maximum atomic E-state index is 11.4. The molecule has 0 radical (unpaired) electrons. The summed E-state index contributed by atoms with van der Waals surface area (Å²) in [6, 6.07) is -0.554. The van der Waals surface area contributed by atoms with E-state index in [1.165, 1.54) is 12.8 Å². The number of carboxylic acid groups (broad SMARTS) is 1. The zero-order valence-corrected chi connectivity index (χ0v) is 10.4. The number of hydrogen-bond donors (Lipinski definition) is 3. The SMILES string of the molecule is CC[C@H](NC(=O)NCCN(C)C1CC1)C(=O)O. The molecule has 1 atom stereocenters. The van der Waals surface area contributed by atoms with Crippen LogP contribution in [0, 0.1) is 0 Å². The Bertz CT molecular complexity index is 279. The molecule has 6 nitrogen and oxygen atoms in total. The Labute approximate surface area is 101 Å². The summed E-state index contributed by atoms with van der Waals surface area (Å²) in [7, 11) is 2.03. The van der Waals surface area contributed by atoms with Gasteiger partial charge in [0.15, 0.2) is 0 Å². The second kappa shape index (κ2) is 6.44. The van der Waals surface area contributed by atoms with Crippen LogP contribution in [0.15, 0.2) is 0 Å². The molecular formula is C11H21N3O3. The molecule has 17 heavy (non-hydrogen) atoms. The first-order valence-corrected chi connectivity index (χ1v) is 6.02. The highest BCUT2D eigenvalue weighted by atomic mass is 16.4. The molecule has 0 unspecified atom stereocenters. The molecule has 0 aromatic rings. The van der Waals surface area contributed by atoms with Gasteiger partial charge in [-0.25, -0.2) is 9.59 Å². The first-order valence-electron chi connectivity index (χ1n) is 6.02. The van der Waals surface area contributed by atoms with Crippen LogP contribution in [0.25, 0.3) is 0 Å². The molecule has 0 aromatic carbocycles. The molecule has 1 rings (SSSR count). The van der Waals surface area contributed by atoms with Crippen LogP contribution in [0.5, 0.6) is 0 Å². The van der Waals surface area contributed by atoms with Gasteiger partial charge in [0.2, 0.25) is 0 Å². The first kappa shape index (κ1) is 13.8. The molecule has 0 bridgehead atoms. The van der Waals surface area contributed by atoms with E-state index in [1.54, 1.807) is 6.92 Å². The minimum absolute atomic E-state index is 0.380. The maximum absolute atomic E-state index is 11.4. The summed E-state index contributed by atoms with van der Waals surface area (Å²) in [5.41, 5.74) is 0. The number of urea groups is 1. The lowest BCUT2D eigenvalue weighted by molar-refractivity contribution is -0.139. The molecule has 3 N–H and O–H groups in total. The number of nitrogens with one attached hydrogen (secondary N) is 2. The van der Waals surface area contributed by atoms with Crippen molar-refractivity contribution in [2.24, 2.45) is 0 Å². The third-order valence-electron chi connectivity index (χ3n) is 2.93. The fourth-order valence-corrected chi connectivity index (χ4v) is 1.59. The van der Waals surface area contributed by atoms with Crippen LogP contribution in [-0.4, -0.2) is 54.2 Å². The average Bonchev–Trinajstić information content (AvgIpc) is 3.08. The lowest BCUT2D eigenvalue weighted by Crippen LogP contribution is -2.47. The molecule has 0 heterocycles. The molecule has 1 aliphatic rings. The van der Waals surface area contributed by atoms with Crippen LogP contribution in [-0.2, 0) is 4.79 Å². The van der Waals surface area contributed by atoms with E-state index in [1.807, 2.05) is 7.05 Å². The highest BCUT2D eigenvalue weighted by molar-refractivity contribution is 5.82. The number of amides is 2. The third-order valence-corrected chi connectivity index (χ3v) is 2.93. The van der Waals surface area contributed by atoms with Crippen LogP contribution in [0.3, 0.4) is 0 Å². The zero-order chi connectivity index (χ0) is 12.8. The molecule has 0 aliphatic heterocycles. The van der Waals surface area contributed by atoms with Crippen LogP contribution < -0.4 is 10.6 Å². The van der Waals surface area contributed by atoms with E-state index in [4.69, 9.17) is 5.11 Å². The van der Waals surface area contributed by atoms with E-state index in [-0.39, 0.29) is 0 Å². The minimum Gasteiger partial charge on any atom is -0.480 e. The van der Waals surface area contributed by atoms with Crippen LogP contribution in [0.1, 0.15) is 26.2 Å². The van der Waals surface area contributed by atoms with Gasteiger partial charge in [0.1, 0.15) is 6.04 Å². The topological polar surface area (TPSA) is 81.7 Å². The Morgan fingerprint density at radius 3 is 2.59 bits per heavy atom. The van der Waals surface area contributed by atoms with Gasteiger partial charge >= 0.3 is 12.0 Å². The number of carbonyl (C=O) groups is 2. The van der Waals surface area contributed by atoms with Crippen molar-refractivity contribution in [2.75, 3.05) is 20.1 Å². The molecule has 0 saturated heterocycles. The molecule has 0 spiro atoms. The van der Waals surface area contributed by atoms with Crippen molar-refractivity contribution in [2.45, 2.75) is 38.3 Å². The van der Waals surface area contributed by atoms with Crippen molar-refractivity contribution >= 4 is 12.0 Å². The summed E-state index contributed by atoms with van der Waals surface area (Å²) >= 11 is 0. The van der Waals surface area contributed by atoms with E-state index < -0.39 is 18.0 Å². The van der Waals surface area contributed by atoms with E-state index in [0.29, 0.717) is 19.0 Å². The second-order valence-electron chi connectivity index (χ2n) is 4.41. The van der Waals surface area contributed by atoms with E-state index in [0.717, 1.165) is 6.54 Å². The Hall–Kier alpha value is -1.30. The number of nitrogens with zero attached hydrogens (tertiary/aromatic N) is 1. The summed E-state index contributed by atoms with van der Waals surface area (Å²) in [6.07, 6.45) is 2.85. The summed E-state index contributed by atoms with van der Waals surface area (Å²) in [4.78, 5) is 24.3. The van der Waals surface area contributed by atoms with E-state index in [2.05, 4.69) is 15.5 Å². The molecule has 2 amide bonds. The summed E-state index contributed by atoms with van der Waals surface area (Å²) in [5.74, 6) is -1.00. The van der Waals surface area contributed by atoms with Crippen molar-refractivity contribution in [3.8, 4) is 0 Å². The van der Waals surface area contributed by atoms with E-state index >= 15 is 0 Å². The van der Waals surface area contributed by atoms with Crippen LogP contribution >= 0.6 is 0 Å². The number of carboxylic acids is 1. The molecule has 1 aliphatic carbocycles. The van der Waals surface area contributed by atoms with Gasteiger partial charge in [-0.05, 0) is 26.3 Å². The molecule has 6 heteroatoms. The van der Waals surface area contributed by atoms with Crippen molar-refractivity contribution in [1.29, 1.82) is 0 Å². The highest BCUT2D eigenvalue weighted by Crippen LogP contribution is 2.24. The van der Waals surface area contributed by atoms with Gasteiger partial charge in [-0.15, -0.1) is 0 Å². The molecular weight excluding hydrogens is 222 g/mol. The Morgan fingerprint density at radius 1 is 1.47 bits per heavy atom. The van der Waals surface area contributed by atoms with Gasteiger partial charge < -0.3 is 20.6 Å². The van der Waals surface area contributed by atoms with Crippen LogP contribution in [0.2, 0.25) is 0 Å². The third kappa shape index (κ3) is 5.04. The standard InChI is InChI=1S/C11H21N3O3/c1-3-9(10(15)16)13-11(17)12-6-7-14(2)8-4-5-8/h8-9H,3-7H2,1-2H3,(H,15,16)(H2,12,13,17)/t9-/m0/s1. The number of aliphatic carboxylic acids is 1. The predicted molar refractivity (Wildman–Crippen MR) is 63.9 cm³/mol. The predicted octanol–water partition coefficient (Wildman–Crippen LogP) is 0.243. The highest BCUT2D eigenvalue weighted by Gasteiger charge is 2.25. The maximum Gasteiger partial charge on any atom is 0.326 e. The number of rotatable bonds is 7. The quantitative estimate of drug-likeness (QED) is 0.598. The average molecular weight is 243 g/mol. The van der Waals surface area contributed by atoms with Crippen molar-refractivity contribution in [3.63, 3.8) is 0 Å². The van der Waals surface area contributed by atoms with Gasteiger partial charge in [-0.2, -0.15) is 0 Å². The monoisotopic (exact) mass is 243 g/mol.